The molecule has 4 atom stereocenters. The highest BCUT2D eigenvalue weighted by molar-refractivity contribution is 7.98. The molecular formula is C21H39N5O5S. The summed E-state index contributed by atoms with van der Waals surface area (Å²) in [5.74, 6) is -1.80. The summed E-state index contributed by atoms with van der Waals surface area (Å²) in [6.45, 7) is 4.44. The van der Waals surface area contributed by atoms with Crippen LogP contribution in [0, 0.1) is 5.92 Å². The third kappa shape index (κ3) is 8.59. The number of carboxylic acids is 1. The van der Waals surface area contributed by atoms with E-state index in [2.05, 4.69) is 10.6 Å². The van der Waals surface area contributed by atoms with Crippen LogP contribution in [-0.2, 0) is 19.2 Å². The average molecular weight is 474 g/mol. The Morgan fingerprint density at radius 3 is 2.31 bits per heavy atom. The molecule has 1 aliphatic heterocycles. The molecule has 7 N–H and O–H groups in total. The second-order valence-corrected chi connectivity index (χ2v) is 9.47. The Kier molecular flexibility index (Phi) is 12.6. The summed E-state index contributed by atoms with van der Waals surface area (Å²) in [7, 11) is 0. The highest BCUT2D eigenvalue weighted by Crippen LogP contribution is 2.20. The lowest BCUT2D eigenvalue weighted by molar-refractivity contribution is -0.149. The summed E-state index contributed by atoms with van der Waals surface area (Å²) in [5.41, 5.74) is 11.5. The Morgan fingerprint density at radius 1 is 1.09 bits per heavy atom. The minimum atomic E-state index is -1.05. The minimum absolute atomic E-state index is 0.0898. The van der Waals surface area contributed by atoms with Crippen LogP contribution in [0.15, 0.2) is 0 Å². The molecule has 0 spiro atoms. The number of hydrogen-bond acceptors (Lipinski definition) is 7. The van der Waals surface area contributed by atoms with Gasteiger partial charge in [0, 0.05) is 6.54 Å². The molecule has 3 amide bonds. The number of carbonyl (C=O) groups is 4. The number of nitrogens with one attached hydrogen (secondary N) is 2. The number of carboxylic acid groups (broad SMARTS) is 1. The number of nitrogens with two attached hydrogens (primary N) is 2. The monoisotopic (exact) mass is 473 g/mol. The Morgan fingerprint density at radius 2 is 1.75 bits per heavy atom. The average Bonchev–Trinajstić information content (AvgIpc) is 3.24. The van der Waals surface area contributed by atoms with Gasteiger partial charge < -0.3 is 32.1 Å². The quantitative estimate of drug-likeness (QED) is 0.218. The van der Waals surface area contributed by atoms with Crippen molar-refractivity contribution in [2.24, 2.45) is 17.4 Å². The van der Waals surface area contributed by atoms with Gasteiger partial charge in [0.1, 0.15) is 18.1 Å². The van der Waals surface area contributed by atoms with Crippen LogP contribution < -0.4 is 22.1 Å². The highest BCUT2D eigenvalue weighted by atomic mass is 32.2. The topological polar surface area (TPSA) is 168 Å². The first kappa shape index (κ1) is 28.2. The van der Waals surface area contributed by atoms with Gasteiger partial charge in [-0.1, -0.05) is 13.8 Å². The van der Waals surface area contributed by atoms with E-state index in [9.17, 15) is 24.3 Å². The van der Waals surface area contributed by atoms with Gasteiger partial charge in [-0.25, -0.2) is 4.79 Å². The Bertz CT molecular complexity index is 648. The maximum absolute atomic E-state index is 13.2. The third-order valence-electron chi connectivity index (χ3n) is 5.65. The molecule has 32 heavy (non-hydrogen) atoms. The molecule has 1 rings (SSSR count). The fraction of sp³-hybridized carbons (Fsp3) is 0.810. The van der Waals surface area contributed by atoms with Crippen LogP contribution in [-0.4, -0.2) is 83.0 Å². The van der Waals surface area contributed by atoms with E-state index in [1.807, 2.05) is 20.1 Å². The lowest BCUT2D eigenvalue weighted by atomic mass is 10.0. The van der Waals surface area contributed by atoms with E-state index < -0.39 is 47.9 Å². The van der Waals surface area contributed by atoms with Gasteiger partial charge in [-0.05, 0) is 63.0 Å². The number of unbranched alkanes of at least 4 members (excludes halogenated alkanes) is 1. The first-order valence-corrected chi connectivity index (χ1v) is 12.6. The van der Waals surface area contributed by atoms with E-state index in [1.54, 1.807) is 0 Å². The van der Waals surface area contributed by atoms with Gasteiger partial charge >= 0.3 is 5.97 Å². The van der Waals surface area contributed by atoms with E-state index in [0.29, 0.717) is 57.4 Å². The molecule has 0 radical (unpaired) electrons. The molecule has 1 aliphatic rings. The Hall–Kier alpha value is -1.85. The van der Waals surface area contributed by atoms with Crippen molar-refractivity contribution >= 4 is 35.5 Å². The molecule has 0 saturated carbocycles. The number of carbonyl (C=O) groups excluding carboxylic acids is 3. The van der Waals surface area contributed by atoms with Gasteiger partial charge in [-0.2, -0.15) is 11.8 Å². The predicted octanol–water partition coefficient (Wildman–Crippen LogP) is -0.103. The number of amides is 3. The van der Waals surface area contributed by atoms with E-state index in [0.717, 1.165) is 0 Å². The van der Waals surface area contributed by atoms with E-state index in [-0.39, 0.29) is 5.92 Å². The van der Waals surface area contributed by atoms with Crippen LogP contribution in [0.5, 0.6) is 0 Å². The maximum Gasteiger partial charge on any atom is 0.326 e. The number of likely N-dealkylation sites (tertiary alicyclic amines) is 1. The van der Waals surface area contributed by atoms with Crippen molar-refractivity contribution in [2.45, 2.75) is 76.5 Å². The number of aliphatic carboxylic acids is 1. The summed E-state index contributed by atoms with van der Waals surface area (Å²) in [5, 5.41) is 14.9. The van der Waals surface area contributed by atoms with Gasteiger partial charge in [0.25, 0.3) is 0 Å². The molecule has 0 aromatic heterocycles. The SMILES string of the molecule is CSCCC(NC(=O)C(N)C(C)C)C(=O)NC(CCCCN)C(=O)N1CCCC1C(=O)O. The van der Waals surface area contributed by atoms with Crippen LogP contribution in [0.25, 0.3) is 0 Å². The molecule has 0 aliphatic carbocycles. The Balaban J connectivity index is 2.97. The van der Waals surface area contributed by atoms with E-state index >= 15 is 0 Å². The number of thioether (sulfide) groups is 1. The molecule has 10 nitrogen and oxygen atoms in total. The van der Waals surface area contributed by atoms with Crippen molar-refractivity contribution in [2.75, 3.05) is 25.1 Å². The van der Waals surface area contributed by atoms with Crippen LogP contribution in [0.2, 0.25) is 0 Å². The van der Waals surface area contributed by atoms with Crippen molar-refractivity contribution < 1.29 is 24.3 Å². The van der Waals surface area contributed by atoms with Gasteiger partial charge in [0.15, 0.2) is 0 Å². The summed E-state index contributed by atoms with van der Waals surface area (Å²) in [4.78, 5) is 51.5. The van der Waals surface area contributed by atoms with Crippen LogP contribution in [0.3, 0.4) is 0 Å². The molecular weight excluding hydrogens is 434 g/mol. The minimum Gasteiger partial charge on any atom is -0.480 e. The lowest BCUT2D eigenvalue weighted by Crippen LogP contribution is -2.57. The van der Waals surface area contributed by atoms with Crippen molar-refractivity contribution in [3.63, 3.8) is 0 Å². The largest absolute Gasteiger partial charge is 0.480 e. The number of rotatable bonds is 14. The van der Waals surface area contributed by atoms with Gasteiger partial charge in [0.05, 0.1) is 6.04 Å². The zero-order valence-corrected chi connectivity index (χ0v) is 20.2. The third-order valence-corrected chi connectivity index (χ3v) is 6.29. The second-order valence-electron chi connectivity index (χ2n) is 8.49. The molecule has 0 aromatic rings. The molecule has 4 unspecified atom stereocenters. The van der Waals surface area contributed by atoms with Crippen LogP contribution in [0.1, 0.15) is 52.4 Å². The zero-order valence-electron chi connectivity index (χ0n) is 19.3. The molecule has 0 aromatic carbocycles. The van der Waals surface area contributed by atoms with Gasteiger partial charge in [0.2, 0.25) is 17.7 Å². The fourth-order valence-corrected chi connectivity index (χ4v) is 4.06. The second kappa shape index (κ2) is 14.3. The summed E-state index contributed by atoms with van der Waals surface area (Å²) < 4.78 is 0. The predicted molar refractivity (Wildman–Crippen MR) is 125 cm³/mol. The van der Waals surface area contributed by atoms with Gasteiger partial charge in [-0.15, -0.1) is 0 Å². The maximum atomic E-state index is 13.2. The van der Waals surface area contributed by atoms with Crippen molar-refractivity contribution in [3.8, 4) is 0 Å². The number of nitrogens with zero attached hydrogens (tertiary/aromatic N) is 1. The molecule has 1 fully saturated rings. The fourth-order valence-electron chi connectivity index (χ4n) is 3.59. The van der Waals surface area contributed by atoms with Crippen LogP contribution >= 0.6 is 11.8 Å². The zero-order chi connectivity index (χ0) is 24.3. The smallest absolute Gasteiger partial charge is 0.326 e. The highest BCUT2D eigenvalue weighted by Gasteiger charge is 2.38. The van der Waals surface area contributed by atoms with Gasteiger partial charge in [-0.3, -0.25) is 14.4 Å². The van der Waals surface area contributed by atoms with E-state index in [4.69, 9.17) is 11.5 Å². The lowest BCUT2D eigenvalue weighted by Gasteiger charge is -2.29. The van der Waals surface area contributed by atoms with Crippen molar-refractivity contribution in [1.29, 1.82) is 0 Å². The normalized spacial score (nSPS) is 18.8. The molecule has 0 bridgehead atoms. The molecule has 1 saturated heterocycles. The molecule has 184 valence electrons. The Labute approximate surface area is 194 Å². The first-order chi connectivity index (χ1) is 15.1. The van der Waals surface area contributed by atoms with Crippen molar-refractivity contribution in [3.05, 3.63) is 0 Å². The number of hydrogen-bond donors (Lipinski definition) is 5. The van der Waals surface area contributed by atoms with Crippen LogP contribution in [0.4, 0.5) is 0 Å². The molecule has 11 heteroatoms. The summed E-state index contributed by atoms with van der Waals surface area (Å²) in [6.07, 6.45) is 4.91. The van der Waals surface area contributed by atoms with Crippen molar-refractivity contribution in [1.82, 2.24) is 15.5 Å². The molecule has 1 heterocycles. The van der Waals surface area contributed by atoms with E-state index in [1.165, 1.54) is 16.7 Å². The first-order valence-electron chi connectivity index (χ1n) is 11.2. The summed E-state index contributed by atoms with van der Waals surface area (Å²) in [6, 6.07) is -3.34. The summed E-state index contributed by atoms with van der Waals surface area (Å²) >= 11 is 1.54. The standard InChI is InChI=1S/C21H39N5O5S/c1-13(2)17(23)19(28)24-14(9-12-32-3)18(27)25-15(7-4-5-10-22)20(29)26-11-6-8-16(26)21(30)31/h13-17H,4-12,22-23H2,1-3H3,(H,24,28)(H,25,27)(H,30,31).